The summed E-state index contributed by atoms with van der Waals surface area (Å²) in [7, 11) is 1.60. The van der Waals surface area contributed by atoms with E-state index in [0.717, 1.165) is 17.9 Å². The molecule has 0 saturated heterocycles. The number of halogens is 1. The Bertz CT molecular complexity index is 572. The molecular weight excluding hydrogens is 257 g/mol. The van der Waals surface area contributed by atoms with E-state index in [4.69, 9.17) is 9.47 Å². The molecule has 0 aliphatic heterocycles. The topological polar surface area (TPSA) is 30.5 Å². The molecule has 0 aromatic heterocycles. The standard InChI is InChI=1S/C16H18FNO2/c1-3-18-11-12-9-13(17)7-8-16(12)20-15-6-4-5-14(10-15)19-2/h4-10,18H,3,11H2,1-2H3. The minimum absolute atomic E-state index is 0.268. The molecule has 1 N–H and O–H groups in total. The highest BCUT2D eigenvalue weighted by Crippen LogP contribution is 2.28. The van der Waals surface area contributed by atoms with Crippen molar-refractivity contribution >= 4 is 0 Å². The van der Waals surface area contributed by atoms with E-state index in [2.05, 4.69) is 5.32 Å². The van der Waals surface area contributed by atoms with Gasteiger partial charge in [0.05, 0.1) is 7.11 Å². The number of ether oxygens (including phenoxy) is 2. The highest BCUT2D eigenvalue weighted by atomic mass is 19.1. The molecule has 20 heavy (non-hydrogen) atoms. The monoisotopic (exact) mass is 275 g/mol. The van der Waals surface area contributed by atoms with Gasteiger partial charge in [0.1, 0.15) is 23.1 Å². The fourth-order valence-electron chi connectivity index (χ4n) is 1.84. The summed E-state index contributed by atoms with van der Waals surface area (Å²) in [5.41, 5.74) is 0.787. The smallest absolute Gasteiger partial charge is 0.132 e. The van der Waals surface area contributed by atoms with Crippen molar-refractivity contribution in [2.24, 2.45) is 0 Å². The normalized spacial score (nSPS) is 10.3. The Hall–Kier alpha value is -2.07. The summed E-state index contributed by atoms with van der Waals surface area (Å²) in [5.74, 6) is 1.75. The molecule has 2 rings (SSSR count). The summed E-state index contributed by atoms with van der Waals surface area (Å²) in [4.78, 5) is 0. The molecule has 106 valence electrons. The third-order valence-corrected chi connectivity index (χ3v) is 2.86. The third kappa shape index (κ3) is 3.71. The first-order chi connectivity index (χ1) is 9.72. The second-order valence-corrected chi connectivity index (χ2v) is 4.31. The molecule has 3 nitrogen and oxygen atoms in total. The zero-order valence-electron chi connectivity index (χ0n) is 11.7. The van der Waals surface area contributed by atoms with E-state index in [9.17, 15) is 4.39 Å². The van der Waals surface area contributed by atoms with Crippen molar-refractivity contribution in [2.45, 2.75) is 13.5 Å². The highest BCUT2D eigenvalue weighted by molar-refractivity contribution is 5.40. The van der Waals surface area contributed by atoms with Gasteiger partial charge in [-0.3, -0.25) is 0 Å². The van der Waals surface area contributed by atoms with Gasteiger partial charge in [-0.15, -0.1) is 0 Å². The minimum Gasteiger partial charge on any atom is -0.497 e. The summed E-state index contributed by atoms with van der Waals surface area (Å²) >= 11 is 0. The van der Waals surface area contributed by atoms with Crippen molar-refractivity contribution in [1.82, 2.24) is 5.32 Å². The van der Waals surface area contributed by atoms with Crippen molar-refractivity contribution in [3.8, 4) is 17.2 Å². The predicted octanol–water partition coefficient (Wildman–Crippen LogP) is 3.74. The van der Waals surface area contributed by atoms with Crippen LogP contribution in [0.5, 0.6) is 17.2 Å². The van der Waals surface area contributed by atoms with Crippen LogP contribution in [0, 0.1) is 5.82 Å². The Morgan fingerprint density at radius 3 is 2.65 bits per heavy atom. The molecule has 2 aromatic rings. The van der Waals surface area contributed by atoms with Gasteiger partial charge < -0.3 is 14.8 Å². The van der Waals surface area contributed by atoms with Crippen LogP contribution in [0.1, 0.15) is 12.5 Å². The van der Waals surface area contributed by atoms with Crippen LogP contribution in [-0.4, -0.2) is 13.7 Å². The molecule has 0 aliphatic rings. The molecule has 4 heteroatoms. The van der Waals surface area contributed by atoms with Gasteiger partial charge in [0.2, 0.25) is 0 Å². The predicted molar refractivity (Wildman–Crippen MR) is 76.8 cm³/mol. The van der Waals surface area contributed by atoms with Crippen LogP contribution in [0.15, 0.2) is 42.5 Å². The third-order valence-electron chi connectivity index (χ3n) is 2.86. The molecule has 0 aliphatic carbocycles. The molecule has 2 aromatic carbocycles. The van der Waals surface area contributed by atoms with Crippen molar-refractivity contribution in [3.05, 3.63) is 53.8 Å². The Morgan fingerprint density at radius 1 is 1.10 bits per heavy atom. The molecule has 0 heterocycles. The van der Waals surface area contributed by atoms with E-state index >= 15 is 0 Å². The average Bonchev–Trinajstić information content (AvgIpc) is 2.47. The Kier molecular flexibility index (Phi) is 4.96. The lowest BCUT2D eigenvalue weighted by molar-refractivity contribution is 0.408. The van der Waals surface area contributed by atoms with Crippen molar-refractivity contribution in [3.63, 3.8) is 0 Å². The fourth-order valence-corrected chi connectivity index (χ4v) is 1.84. The Morgan fingerprint density at radius 2 is 1.90 bits per heavy atom. The van der Waals surface area contributed by atoms with Crippen LogP contribution in [0.3, 0.4) is 0 Å². The molecular formula is C16H18FNO2. The SMILES string of the molecule is CCNCc1cc(F)ccc1Oc1cccc(OC)c1. The first-order valence-electron chi connectivity index (χ1n) is 6.54. The van der Waals surface area contributed by atoms with Gasteiger partial charge in [0.15, 0.2) is 0 Å². The van der Waals surface area contributed by atoms with Crippen molar-refractivity contribution in [2.75, 3.05) is 13.7 Å². The van der Waals surface area contributed by atoms with Crippen LogP contribution in [-0.2, 0) is 6.54 Å². The van der Waals surface area contributed by atoms with Gasteiger partial charge in [0.25, 0.3) is 0 Å². The summed E-state index contributed by atoms with van der Waals surface area (Å²) < 4.78 is 24.3. The number of methoxy groups -OCH3 is 1. The quantitative estimate of drug-likeness (QED) is 0.871. The Labute approximate surface area is 118 Å². The fraction of sp³-hybridized carbons (Fsp3) is 0.250. The number of benzene rings is 2. The van der Waals surface area contributed by atoms with Crippen molar-refractivity contribution < 1.29 is 13.9 Å². The van der Waals surface area contributed by atoms with Crippen LogP contribution in [0.2, 0.25) is 0 Å². The Balaban J connectivity index is 2.22. The average molecular weight is 275 g/mol. The molecule has 0 radical (unpaired) electrons. The van der Waals surface area contributed by atoms with E-state index in [1.54, 1.807) is 19.2 Å². The summed E-state index contributed by atoms with van der Waals surface area (Å²) in [6.07, 6.45) is 0. The molecule has 0 spiro atoms. The van der Waals surface area contributed by atoms with Gasteiger partial charge in [-0.25, -0.2) is 4.39 Å². The lowest BCUT2D eigenvalue weighted by Crippen LogP contribution is -2.12. The van der Waals surface area contributed by atoms with Crippen LogP contribution in [0.25, 0.3) is 0 Å². The van der Waals surface area contributed by atoms with E-state index in [1.165, 1.54) is 12.1 Å². The molecule has 0 saturated carbocycles. The van der Waals surface area contributed by atoms with E-state index in [1.807, 2.05) is 25.1 Å². The van der Waals surface area contributed by atoms with Gasteiger partial charge in [0, 0.05) is 18.2 Å². The van der Waals surface area contributed by atoms with Crippen molar-refractivity contribution in [1.29, 1.82) is 0 Å². The van der Waals surface area contributed by atoms with Crippen LogP contribution in [0.4, 0.5) is 4.39 Å². The van der Waals surface area contributed by atoms with Crippen LogP contribution < -0.4 is 14.8 Å². The maximum Gasteiger partial charge on any atom is 0.132 e. The van der Waals surface area contributed by atoms with Crippen LogP contribution >= 0.6 is 0 Å². The van der Waals surface area contributed by atoms with Gasteiger partial charge >= 0.3 is 0 Å². The number of rotatable bonds is 6. The first-order valence-corrected chi connectivity index (χ1v) is 6.54. The largest absolute Gasteiger partial charge is 0.497 e. The summed E-state index contributed by atoms with van der Waals surface area (Å²) in [5, 5.41) is 3.17. The molecule has 0 bridgehead atoms. The second kappa shape index (κ2) is 6.91. The zero-order chi connectivity index (χ0) is 14.4. The molecule has 0 amide bonds. The van der Waals surface area contributed by atoms with E-state index in [0.29, 0.717) is 18.0 Å². The molecule has 0 atom stereocenters. The number of nitrogens with one attached hydrogen (secondary N) is 1. The first kappa shape index (κ1) is 14.3. The lowest BCUT2D eigenvalue weighted by Gasteiger charge is -2.12. The lowest BCUT2D eigenvalue weighted by atomic mass is 10.2. The molecule has 0 fully saturated rings. The number of hydrogen-bond acceptors (Lipinski definition) is 3. The summed E-state index contributed by atoms with van der Waals surface area (Å²) in [6, 6.07) is 11.8. The van der Waals surface area contributed by atoms with E-state index in [-0.39, 0.29) is 5.82 Å². The van der Waals surface area contributed by atoms with Gasteiger partial charge in [-0.1, -0.05) is 13.0 Å². The zero-order valence-corrected chi connectivity index (χ0v) is 11.7. The van der Waals surface area contributed by atoms with E-state index < -0.39 is 0 Å². The maximum absolute atomic E-state index is 13.3. The van der Waals surface area contributed by atoms with Gasteiger partial charge in [-0.05, 0) is 36.9 Å². The van der Waals surface area contributed by atoms with Gasteiger partial charge in [-0.2, -0.15) is 0 Å². The highest BCUT2D eigenvalue weighted by Gasteiger charge is 2.07. The maximum atomic E-state index is 13.3. The second-order valence-electron chi connectivity index (χ2n) is 4.31. The number of hydrogen-bond donors (Lipinski definition) is 1. The summed E-state index contributed by atoms with van der Waals surface area (Å²) in [6.45, 7) is 3.38. The molecule has 0 unspecified atom stereocenters. The minimum atomic E-state index is -0.268.